The first-order valence-electron chi connectivity index (χ1n) is 8.55. The smallest absolute Gasteiger partial charge is 0.277 e. The monoisotopic (exact) mass is 348 g/mol. The molecule has 1 aliphatic heterocycles. The van der Waals surface area contributed by atoms with Crippen LogP contribution in [0, 0.1) is 6.92 Å². The molecule has 0 spiro atoms. The Morgan fingerprint density at radius 1 is 1.19 bits per heavy atom. The Bertz CT molecular complexity index is 962. The van der Waals surface area contributed by atoms with Crippen LogP contribution in [0.4, 0.5) is 5.69 Å². The molecule has 2 aromatic heterocycles. The van der Waals surface area contributed by atoms with E-state index in [4.69, 9.17) is 4.74 Å². The van der Waals surface area contributed by atoms with Crippen molar-refractivity contribution in [1.29, 1.82) is 0 Å². The van der Waals surface area contributed by atoms with Crippen LogP contribution in [0.2, 0.25) is 0 Å². The Labute approximate surface area is 152 Å². The predicted molar refractivity (Wildman–Crippen MR) is 99.6 cm³/mol. The number of hydrogen-bond donors (Lipinski definition) is 0. The van der Waals surface area contributed by atoms with Gasteiger partial charge in [0.25, 0.3) is 5.91 Å². The van der Waals surface area contributed by atoms with Gasteiger partial charge in [0.2, 0.25) is 0 Å². The highest BCUT2D eigenvalue weighted by atomic mass is 16.5. The second kappa shape index (κ2) is 6.29. The lowest BCUT2D eigenvalue weighted by atomic mass is 10.0. The van der Waals surface area contributed by atoms with Gasteiger partial charge in [0.15, 0.2) is 0 Å². The van der Waals surface area contributed by atoms with Crippen LogP contribution >= 0.6 is 0 Å². The Kier molecular flexibility index (Phi) is 3.95. The highest BCUT2D eigenvalue weighted by molar-refractivity contribution is 6.09. The molecule has 3 heterocycles. The van der Waals surface area contributed by atoms with Gasteiger partial charge in [-0.05, 0) is 55.8 Å². The normalized spacial score (nSPS) is 16.5. The molecule has 0 bridgehead atoms. The van der Waals surface area contributed by atoms with Crippen LogP contribution in [0.5, 0.6) is 5.75 Å². The summed E-state index contributed by atoms with van der Waals surface area (Å²) in [6.07, 6.45) is 3.53. The van der Waals surface area contributed by atoms with Crippen LogP contribution < -0.4 is 9.64 Å². The minimum atomic E-state index is -0.0461. The molecule has 1 amide bonds. The number of anilines is 1. The molecular formula is C20H20N4O2. The third kappa shape index (κ3) is 2.63. The van der Waals surface area contributed by atoms with Gasteiger partial charge >= 0.3 is 0 Å². The Hall–Kier alpha value is -3.15. The fraction of sp³-hybridized carbons (Fsp3) is 0.250. The molecule has 0 saturated carbocycles. The van der Waals surface area contributed by atoms with Gasteiger partial charge in [-0.2, -0.15) is 5.10 Å². The molecule has 0 N–H and O–H groups in total. The maximum absolute atomic E-state index is 13.3. The lowest BCUT2D eigenvalue weighted by Gasteiger charge is -2.32. The second-order valence-corrected chi connectivity index (χ2v) is 6.50. The summed E-state index contributed by atoms with van der Waals surface area (Å²) in [5.41, 5.74) is 4.17. The number of methoxy groups -OCH3 is 1. The number of ether oxygens (including phenoxy) is 1. The van der Waals surface area contributed by atoms with Crippen molar-refractivity contribution < 1.29 is 9.53 Å². The summed E-state index contributed by atoms with van der Waals surface area (Å²) in [7, 11) is 1.63. The summed E-state index contributed by atoms with van der Waals surface area (Å²) in [5, 5.41) is 4.48. The van der Waals surface area contributed by atoms with Crippen molar-refractivity contribution in [3.8, 4) is 16.9 Å². The van der Waals surface area contributed by atoms with E-state index >= 15 is 0 Å². The zero-order valence-electron chi connectivity index (χ0n) is 15.0. The molecule has 1 aliphatic rings. The van der Waals surface area contributed by atoms with Crippen LogP contribution in [0.25, 0.3) is 11.1 Å². The van der Waals surface area contributed by atoms with Crippen molar-refractivity contribution in [2.75, 3.05) is 18.6 Å². The maximum Gasteiger partial charge on any atom is 0.277 e. The van der Waals surface area contributed by atoms with Gasteiger partial charge in [-0.15, -0.1) is 0 Å². The molecule has 3 aromatic rings. The topological polar surface area (TPSA) is 60.2 Å². The van der Waals surface area contributed by atoms with E-state index in [-0.39, 0.29) is 11.9 Å². The molecule has 0 aliphatic carbocycles. The van der Waals surface area contributed by atoms with Crippen LogP contribution in [-0.4, -0.2) is 34.3 Å². The van der Waals surface area contributed by atoms with Gasteiger partial charge in [0.1, 0.15) is 11.4 Å². The number of aryl methyl sites for hydroxylation is 1. The number of hydrogen-bond acceptors (Lipinski definition) is 4. The fourth-order valence-corrected chi connectivity index (χ4v) is 3.37. The van der Waals surface area contributed by atoms with E-state index in [1.165, 1.54) is 0 Å². The Morgan fingerprint density at radius 3 is 2.65 bits per heavy atom. The van der Waals surface area contributed by atoms with Gasteiger partial charge in [-0.25, -0.2) is 0 Å². The summed E-state index contributed by atoms with van der Waals surface area (Å²) >= 11 is 0. The number of rotatable bonds is 3. The van der Waals surface area contributed by atoms with Crippen molar-refractivity contribution >= 4 is 11.6 Å². The summed E-state index contributed by atoms with van der Waals surface area (Å²) < 4.78 is 7.04. The summed E-state index contributed by atoms with van der Waals surface area (Å²) in [4.78, 5) is 19.3. The lowest BCUT2D eigenvalue weighted by molar-refractivity contribution is 0.0954. The van der Waals surface area contributed by atoms with Crippen molar-refractivity contribution in [3.05, 3.63) is 60.2 Å². The maximum atomic E-state index is 13.3. The minimum Gasteiger partial charge on any atom is -0.497 e. The van der Waals surface area contributed by atoms with Crippen LogP contribution in [-0.2, 0) is 0 Å². The summed E-state index contributed by atoms with van der Waals surface area (Å²) in [6, 6.07) is 11.5. The van der Waals surface area contributed by atoms with Gasteiger partial charge in [0.05, 0.1) is 19.3 Å². The van der Waals surface area contributed by atoms with Gasteiger partial charge in [-0.1, -0.05) is 0 Å². The number of amides is 1. The minimum absolute atomic E-state index is 0.0461. The standard InChI is InChI=1S/C20H20N4O2/c1-13-10-15(8-9-21-13)18-11-22-24-14(2)12-23(20(25)19(18)24)16-4-6-17(26-3)7-5-16/h4-11,14H,12H2,1-3H3. The zero-order valence-corrected chi connectivity index (χ0v) is 15.0. The molecule has 0 fully saturated rings. The van der Waals surface area contributed by atoms with Crippen LogP contribution in [0.15, 0.2) is 48.8 Å². The average molecular weight is 348 g/mol. The molecular weight excluding hydrogens is 328 g/mol. The first kappa shape index (κ1) is 16.3. The molecule has 0 radical (unpaired) electrons. The van der Waals surface area contributed by atoms with Crippen molar-refractivity contribution in [2.45, 2.75) is 19.9 Å². The predicted octanol–water partition coefficient (Wildman–Crippen LogP) is 3.48. The molecule has 4 rings (SSSR count). The highest BCUT2D eigenvalue weighted by Crippen LogP contribution is 2.33. The number of aromatic nitrogens is 3. The molecule has 26 heavy (non-hydrogen) atoms. The fourth-order valence-electron chi connectivity index (χ4n) is 3.37. The summed E-state index contributed by atoms with van der Waals surface area (Å²) in [5.74, 6) is 0.722. The van der Waals surface area contributed by atoms with Gasteiger partial charge in [0, 0.05) is 29.7 Å². The van der Waals surface area contributed by atoms with Crippen LogP contribution in [0.3, 0.4) is 0 Å². The molecule has 6 nitrogen and oxygen atoms in total. The van der Waals surface area contributed by atoms with E-state index in [1.807, 2.05) is 48.0 Å². The molecule has 0 saturated heterocycles. The van der Waals surface area contributed by atoms with Gasteiger partial charge < -0.3 is 9.64 Å². The first-order chi connectivity index (χ1) is 12.6. The third-order valence-corrected chi connectivity index (χ3v) is 4.70. The molecule has 6 heteroatoms. The van der Waals surface area contributed by atoms with E-state index in [2.05, 4.69) is 17.0 Å². The lowest BCUT2D eigenvalue weighted by Crippen LogP contribution is -2.42. The average Bonchev–Trinajstić information content (AvgIpc) is 3.11. The summed E-state index contributed by atoms with van der Waals surface area (Å²) in [6.45, 7) is 4.59. The van der Waals surface area contributed by atoms with E-state index < -0.39 is 0 Å². The van der Waals surface area contributed by atoms with Gasteiger partial charge in [-0.3, -0.25) is 14.5 Å². The molecule has 1 unspecified atom stereocenters. The number of fused-ring (bicyclic) bond motifs is 1. The third-order valence-electron chi connectivity index (χ3n) is 4.70. The van der Waals surface area contributed by atoms with Crippen molar-refractivity contribution in [3.63, 3.8) is 0 Å². The van der Waals surface area contributed by atoms with E-state index in [0.29, 0.717) is 12.2 Å². The molecule has 1 atom stereocenters. The number of benzene rings is 1. The Balaban J connectivity index is 1.78. The molecule has 132 valence electrons. The Morgan fingerprint density at radius 2 is 1.96 bits per heavy atom. The van der Waals surface area contributed by atoms with E-state index in [1.54, 1.807) is 24.4 Å². The number of carbonyl (C=O) groups is 1. The number of carbonyl (C=O) groups excluding carboxylic acids is 1. The number of pyridine rings is 1. The van der Waals surface area contributed by atoms with Crippen molar-refractivity contribution in [2.24, 2.45) is 0 Å². The second-order valence-electron chi connectivity index (χ2n) is 6.50. The largest absolute Gasteiger partial charge is 0.497 e. The number of nitrogens with zero attached hydrogens (tertiary/aromatic N) is 4. The molecule has 1 aromatic carbocycles. The zero-order chi connectivity index (χ0) is 18.3. The quantitative estimate of drug-likeness (QED) is 0.727. The van der Waals surface area contributed by atoms with Crippen molar-refractivity contribution in [1.82, 2.24) is 14.8 Å². The SMILES string of the molecule is COc1ccc(N2CC(C)n3ncc(-c4ccnc(C)c4)c3C2=O)cc1. The van der Waals surface area contributed by atoms with E-state index in [9.17, 15) is 4.79 Å². The van der Waals surface area contributed by atoms with Crippen LogP contribution in [0.1, 0.15) is 29.1 Å². The van der Waals surface area contributed by atoms with E-state index in [0.717, 1.165) is 28.3 Å². The first-order valence-corrected chi connectivity index (χ1v) is 8.55. The highest BCUT2D eigenvalue weighted by Gasteiger charge is 2.33.